The Bertz CT molecular complexity index is 500. The average Bonchev–Trinajstić information content (AvgIpc) is 2.99. The Morgan fingerprint density at radius 2 is 2.00 bits per heavy atom. The highest BCUT2D eigenvalue weighted by Gasteiger charge is 2.36. The summed E-state index contributed by atoms with van der Waals surface area (Å²) in [5.41, 5.74) is 1.92. The van der Waals surface area contributed by atoms with Gasteiger partial charge in [-0.25, -0.2) is 0 Å². The number of rotatable bonds is 4. The maximum Gasteiger partial charge on any atom is 0.159 e. The Morgan fingerprint density at radius 3 is 2.60 bits per heavy atom. The molecule has 3 nitrogen and oxygen atoms in total. The van der Waals surface area contributed by atoms with E-state index in [9.17, 15) is 4.79 Å². The highest BCUT2D eigenvalue weighted by atomic mass is 16.5. The van der Waals surface area contributed by atoms with Gasteiger partial charge >= 0.3 is 0 Å². The first kappa shape index (κ1) is 13.6. The molecule has 1 aromatic rings. The number of likely N-dealkylation sites (tertiary alicyclic amines) is 1. The first-order valence-electron chi connectivity index (χ1n) is 7.57. The van der Waals surface area contributed by atoms with Gasteiger partial charge in [0.15, 0.2) is 5.78 Å². The molecule has 1 saturated heterocycles. The van der Waals surface area contributed by atoms with E-state index in [1.54, 1.807) is 14.0 Å². The summed E-state index contributed by atoms with van der Waals surface area (Å²) in [7, 11) is 1.70. The van der Waals surface area contributed by atoms with E-state index < -0.39 is 0 Å². The number of ketones is 1. The Morgan fingerprint density at radius 1 is 1.30 bits per heavy atom. The van der Waals surface area contributed by atoms with Gasteiger partial charge in [0, 0.05) is 30.8 Å². The molecule has 3 rings (SSSR count). The molecule has 20 heavy (non-hydrogen) atoms. The predicted octanol–water partition coefficient (Wildman–Crippen LogP) is 3.13. The normalized spacial score (nSPS) is 25.7. The number of Topliss-reactive ketones (excluding diaryl/α,β-unsaturated/α-hetero) is 1. The molecule has 2 fully saturated rings. The van der Waals surface area contributed by atoms with Gasteiger partial charge in [-0.15, -0.1) is 0 Å². The van der Waals surface area contributed by atoms with E-state index in [0.717, 1.165) is 35.3 Å². The van der Waals surface area contributed by atoms with Crippen LogP contribution in [0.3, 0.4) is 0 Å². The van der Waals surface area contributed by atoms with Crippen LogP contribution >= 0.6 is 0 Å². The van der Waals surface area contributed by atoms with Crippen LogP contribution in [-0.2, 0) is 6.54 Å². The van der Waals surface area contributed by atoms with Gasteiger partial charge in [0.05, 0.1) is 7.11 Å². The summed E-state index contributed by atoms with van der Waals surface area (Å²) in [5, 5.41) is 0. The van der Waals surface area contributed by atoms with Crippen molar-refractivity contribution in [3.8, 4) is 5.75 Å². The number of hydrogen-bond donors (Lipinski definition) is 0. The van der Waals surface area contributed by atoms with E-state index in [4.69, 9.17) is 4.74 Å². The van der Waals surface area contributed by atoms with Gasteiger partial charge in [-0.05, 0) is 49.8 Å². The van der Waals surface area contributed by atoms with Crippen LogP contribution in [-0.4, -0.2) is 30.9 Å². The quantitative estimate of drug-likeness (QED) is 0.789. The summed E-state index contributed by atoms with van der Waals surface area (Å²) < 4.78 is 5.45. The Balaban J connectivity index is 1.76. The van der Waals surface area contributed by atoms with Crippen LogP contribution in [0.25, 0.3) is 0 Å². The van der Waals surface area contributed by atoms with Crippen molar-refractivity contribution in [2.24, 2.45) is 11.8 Å². The van der Waals surface area contributed by atoms with Gasteiger partial charge in [0.2, 0.25) is 0 Å². The number of ether oxygens (including phenoxy) is 1. The minimum absolute atomic E-state index is 0.118. The third-order valence-corrected chi connectivity index (χ3v) is 4.88. The van der Waals surface area contributed by atoms with Crippen molar-refractivity contribution in [3.63, 3.8) is 0 Å². The van der Waals surface area contributed by atoms with Crippen LogP contribution in [0, 0.1) is 11.8 Å². The average molecular weight is 273 g/mol. The highest BCUT2D eigenvalue weighted by molar-refractivity contribution is 5.94. The molecule has 0 spiro atoms. The molecule has 1 saturated carbocycles. The predicted molar refractivity (Wildman–Crippen MR) is 79.1 cm³/mol. The van der Waals surface area contributed by atoms with E-state index in [1.165, 1.54) is 32.4 Å². The Labute approximate surface area is 120 Å². The van der Waals surface area contributed by atoms with Crippen molar-refractivity contribution in [2.75, 3.05) is 20.2 Å². The molecule has 108 valence electrons. The Kier molecular flexibility index (Phi) is 3.79. The number of benzene rings is 1. The van der Waals surface area contributed by atoms with Crippen molar-refractivity contribution >= 4 is 5.78 Å². The number of carbonyl (C=O) groups excluding carboxylic acids is 1. The molecule has 0 aromatic heterocycles. The lowest BCUT2D eigenvalue weighted by atomic mass is 10.0. The molecule has 0 amide bonds. The van der Waals surface area contributed by atoms with Crippen LogP contribution in [0.2, 0.25) is 0 Å². The van der Waals surface area contributed by atoms with Gasteiger partial charge in [-0.2, -0.15) is 0 Å². The van der Waals surface area contributed by atoms with E-state index in [0.29, 0.717) is 0 Å². The zero-order valence-corrected chi connectivity index (χ0v) is 12.4. The van der Waals surface area contributed by atoms with Crippen molar-refractivity contribution in [2.45, 2.75) is 32.7 Å². The van der Waals surface area contributed by atoms with Gasteiger partial charge in [0.25, 0.3) is 0 Å². The van der Waals surface area contributed by atoms with E-state index in [2.05, 4.69) is 4.90 Å². The standard InChI is InChI=1S/C17H23NO2/c1-12(19)13-6-7-17(20-2)16(8-13)11-18-9-14-4-3-5-15(14)10-18/h6-8,14-15H,3-5,9-11H2,1-2H3. The zero-order chi connectivity index (χ0) is 14.1. The smallest absolute Gasteiger partial charge is 0.159 e. The fourth-order valence-electron chi connectivity index (χ4n) is 3.82. The number of carbonyl (C=O) groups is 1. The minimum Gasteiger partial charge on any atom is -0.496 e. The molecule has 0 bridgehead atoms. The van der Waals surface area contributed by atoms with Gasteiger partial charge < -0.3 is 4.74 Å². The summed E-state index contributed by atoms with van der Waals surface area (Å²) >= 11 is 0. The fraction of sp³-hybridized carbons (Fsp3) is 0.588. The van der Waals surface area contributed by atoms with E-state index in [-0.39, 0.29) is 5.78 Å². The van der Waals surface area contributed by atoms with Crippen molar-refractivity contribution < 1.29 is 9.53 Å². The first-order valence-corrected chi connectivity index (χ1v) is 7.57. The molecular weight excluding hydrogens is 250 g/mol. The highest BCUT2D eigenvalue weighted by Crippen LogP contribution is 2.38. The summed E-state index contributed by atoms with van der Waals surface area (Å²) in [4.78, 5) is 14.1. The molecule has 2 aliphatic rings. The van der Waals surface area contributed by atoms with E-state index >= 15 is 0 Å². The lowest BCUT2D eigenvalue weighted by molar-refractivity contribution is 0.101. The third kappa shape index (κ3) is 2.59. The molecular formula is C17H23NO2. The summed E-state index contributed by atoms with van der Waals surface area (Å²) in [6, 6.07) is 5.77. The molecule has 0 N–H and O–H groups in total. The molecule has 0 radical (unpaired) electrons. The minimum atomic E-state index is 0.118. The molecule has 1 heterocycles. The van der Waals surface area contributed by atoms with Crippen LogP contribution in [0.5, 0.6) is 5.75 Å². The Hall–Kier alpha value is -1.35. The topological polar surface area (TPSA) is 29.5 Å². The number of fused-ring (bicyclic) bond motifs is 1. The largest absolute Gasteiger partial charge is 0.496 e. The summed E-state index contributed by atoms with van der Waals surface area (Å²) in [5.74, 6) is 2.81. The van der Waals surface area contributed by atoms with Crippen molar-refractivity contribution in [1.82, 2.24) is 4.90 Å². The van der Waals surface area contributed by atoms with Gasteiger partial charge in [-0.3, -0.25) is 9.69 Å². The van der Waals surface area contributed by atoms with Crippen molar-refractivity contribution in [3.05, 3.63) is 29.3 Å². The SMILES string of the molecule is COc1ccc(C(C)=O)cc1CN1CC2CCCC2C1. The van der Waals surface area contributed by atoms with E-state index in [1.807, 2.05) is 18.2 Å². The van der Waals surface area contributed by atoms with Crippen LogP contribution in [0.1, 0.15) is 42.1 Å². The second kappa shape index (κ2) is 5.57. The number of nitrogens with zero attached hydrogens (tertiary/aromatic N) is 1. The molecule has 1 aliphatic carbocycles. The third-order valence-electron chi connectivity index (χ3n) is 4.88. The fourth-order valence-corrected chi connectivity index (χ4v) is 3.82. The molecule has 2 unspecified atom stereocenters. The second-order valence-electron chi connectivity index (χ2n) is 6.23. The summed E-state index contributed by atoms with van der Waals surface area (Å²) in [6.45, 7) is 4.93. The van der Waals surface area contributed by atoms with Gasteiger partial charge in [0.1, 0.15) is 5.75 Å². The summed E-state index contributed by atoms with van der Waals surface area (Å²) in [6.07, 6.45) is 4.20. The van der Waals surface area contributed by atoms with Crippen LogP contribution in [0.15, 0.2) is 18.2 Å². The first-order chi connectivity index (χ1) is 9.67. The van der Waals surface area contributed by atoms with Crippen molar-refractivity contribution in [1.29, 1.82) is 0 Å². The monoisotopic (exact) mass is 273 g/mol. The van der Waals surface area contributed by atoms with Gasteiger partial charge in [-0.1, -0.05) is 6.42 Å². The van der Waals surface area contributed by atoms with Crippen LogP contribution < -0.4 is 4.74 Å². The number of hydrogen-bond acceptors (Lipinski definition) is 3. The molecule has 3 heteroatoms. The molecule has 1 aliphatic heterocycles. The zero-order valence-electron chi connectivity index (χ0n) is 12.4. The van der Waals surface area contributed by atoms with Crippen LogP contribution in [0.4, 0.5) is 0 Å². The molecule has 1 aromatic carbocycles. The number of methoxy groups -OCH3 is 1. The maximum absolute atomic E-state index is 11.5. The lowest BCUT2D eigenvalue weighted by Crippen LogP contribution is -2.21. The maximum atomic E-state index is 11.5. The second-order valence-corrected chi connectivity index (χ2v) is 6.23. The molecule has 2 atom stereocenters. The lowest BCUT2D eigenvalue weighted by Gasteiger charge is -2.19.